The molecule has 4 aromatic rings. The fourth-order valence-corrected chi connectivity index (χ4v) is 2.85. The highest BCUT2D eigenvalue weighted by Gasteiger charge is 2.15. The maximum absolute atomic E-state index is 6.33. The second-order valence-corrected chi connectivity index (χ2v) is 5.93. The second kappa shape index (κ2) is 6.57. The molecule has 6 nitrogen and oxygen atoms in total. The van der Waals surface area contributed by atoms with Crippen LogP contribution in [0.3, 0.4) is 0 Å². The fourth-order valence-electron chi connectivity index (χ4n) is 2.63. The molecule has 0 fully saturated rings. The Balaban J connectivity index is 1.80. The van der Waals surface area contributed by atoms with Crippen LogP contribution in [0.4, 0.5) is 5.82 Å². The molecule has 0 aliphatic rings. The summed E-state index contributed by atoms with van der Waals surface area (Å²) in [5, 5.41) is 9.24. The van der Waals surface area contributed by atoms with Gasteiger partial charge in [0.1, 0.15) is 17.4 Å². The van der Waals surface area contributed by atoms with Crippen molar-refractivity contribution >= 4 is 28.5 Å². The predicted octanol–water partition coefficient (Wildman–Crippen LogP) is 4.24. The number of anilines is 1. The van der Waals surface area contributed by atoms with E-state index in [1.165, 1.54) is 0 Å². The van der Waals surface area contributed by atoms with Gasteiger partial charge in [-0.2, -0.15) is 5.10 Å². The van der Waals surface area contributed by atoms with E-state index in [2.05, 4.69) is 20.4 Å². The number of para-hydroxylation sites is 1. The standard InChI is InChI=1S/C18H16ClN5O/c1-2-16-22-17(20-10-12-6-5-9-25-12)13-11-21-24(18(13)23-16)15-8-4-3-7-14(15)19/h3-9,11H,2,10H2,1H3,(H,20,22,23). The lowest BCUT2D eigenvalue weighted by Gasteiger charge is -2.09. The van der Waals surface area contributed by atoms with E-state index >= 15 is 0 Å². The van der Waals surface area contributed by atoms with E-state index in [-0.39, 0.29) is 0 Å². The van der Waals surface area contributed by atoms with Crippen LogP contribution in [0.25, 0.3) is 16.7 Å². The molecular weight excluding hydrogens is 338 g/mol. The van der Waals surface area contributed by atoms with Crippen molar-refractivity contribution in [2.45, 2.75) is 19.9 Å². The number of aryl methyl sites for hydroxylation is 1. The van der Waals surface area contributed by atoms with Crippen molar-refractivity contribution in [3.05, 3.63) is 65.5 Å². The zero-order chi connectivity index (χ0) is 17.2. The van der Waals surface area contributed by atoms with E-state index in [1.54, 1.807) is 17.1 Å². The summed E-state index contributed by atoms with van der Waals surface area (Å²) in [7, 11) is 0. The second-order valence-electron chi connectivity index (χ2n) is 5.52. The minimum Gasteiger partial charge on any atom is -0.467 e. The van der Waals surface area contributed by atoms with Crippen LogP contribution in [-0.2, 0) is 13.0 Å². The molecule has 0 atom stereocenters. The van der Waals surface area contributed by atoms with Crippen LogP contribution in [-0.4, -0.2) is 19.7 Å². The van der Waals surface area contributed by atoms with Crippen LogP contribution in [0.5, 0.6) is 0 Å². The van der Waals surface area contributed by atoms with Gasteiger partial charge in [-0.3, -0.25) is 0 Å². The number of benzene rings is 1. The third kappa shape index (κ3) is 2.96. The van der Waals surface area contributed by atoms with E-state index in [4.69, 9.17) is 16.0 Å². The van der Waals surface area contributed by atoms with Crippen LogP contribution < -0.4 is 5.32 Å². The van der Waals surface area contributed by atoms with Crippen LogP contribution in [0.1, 0.15) is 18.5 Å². The molecule has 0 radical (unpaired) electrons. The lowest BCUT2D eigenvalue weighted by molar-refractivity contribution is 0.518. The van der Waals surface area contributed by atoms with Crippen LogP contribution >= 0.6 is 11.6 Å². The molecule has 4 rings (SSSR count). The Morgan fingerprint density at radius 3 is 2.80 bits per heavy atom. The summed E-state index contributed by atoms with van der Waals surface area (Å²) in [5.41, 5.74) is 1.51. The Bertz CT molecular complexity index is 1010. The zero-order valence-corrected chi connectivity index (χ0v) is 14.4. The first-order valence-electron chi connectivity index (χ1n) is 8.02. The van der Waals surface area contributed by atoms with E-state index in [0.717, 1.165) is 40.5 Å². The van der Waals surface area contributed by atoms with Crippen LogP contribution in [0.2, 0.25) is 5.02 Å². The summed E-state index contributed by atoms with van der Waals surface area (Å²) in [4.78, 5) is 9.24. The summed E-state index contributed by atoms with van der Waals surface area (Å²) in [6.45, 7) is 2.56. The van der Waals surface area contributed by atoms with Gasteiger partial charge >= 0.3 is 0 Å². The van der Waals surface area contributed by atoms with Gasteiger partial charge in [0, 0.05) is 6.42 Å². The Hall–Kier alpha value is -2.86. The third-order valence-electron chi connectivity index (χ3n) is 3.88. The number of nitrogens with zero attached hydrogens (tertiary/aromatic N) is 4. The quantitative estimate of drug-likeness (QED) is 0.581. The highest BCUT2D eigenvalue weighted by atomic mass is 35.5. The van der Waals surface area contributed by atoms with Gasteiger partial charge in [-0.05, 0) is 24.3 Å². The molecule has 0 spiro atoms. The SMILES string of the molecule is CCc1nc(NCc2ccco2)c2cnn(-c3ccccc3Cl)c2n1. The summed E-state index contributed by atoms with van der Waals surface area (Å²) >= 11 is 6.33. The summed E-state index contributed by atoms with van der Waals surface area (Å²) in [6.07, 6.45) is 4.13. The predicted molar refractivity (Wildman–Crippen MR) is 97.1 cm³/mol. The normalized spacial score (nSPS) is 11.1. The van der Waals surface area contributed by atoms with Gasteiger partial charge in [0.2, 0.25) is 0 Å². The molecule has 7 heteroatoms. The van der Waals surface area contributed by atoms with Gasteiger partial charge < -0.3 is 9.73 Å². The monoisotopic (exact) mass is 353 g/mol. The number of hydrogen-bond acceptors (Lipinski definition) is 5. The molecule has 0 unspecified atom stereocenters. The zero-order valence-electron chi connectivity index (χ0n) is 13.6. The largest absolute Gasteiger partial charge is 0.467 e. The average molecular weight is 354 g/mol. The third-order valence-corrected chi connectivity index (χ3v) is 4.20. The Morgan fingerprint density at radius 2 is 2.04 bits per heavy atom. The molecule has 0 bridgehead atoms. The minimum absolute atomic E-state index is 0.541. The van der Waals surface area contributed by atoms with Crippen molar-refractivity contribution in [1.82, 2.24) is 19.7 Å². The maximum Gasteiger partial charge on any atom is 0.168 e. The van der Waals surface area contributed by atoms with Crippen molar-refractivity contribution in [2.24, 2.45) is 0 Å². The van der Waals surface area contributed by atoms with E-state index in [1.807, 2.05) is 43.3 Å². The van der Waals surface area contributed by atoms with Gasteiger partial charge in [-0.1, -0.05) is 30.7 Å². The molecule has 25 heavy (non-hydrogen) atoms. The minimum atomic E-state index is 0.541. The Morgan fingerprint density at radius 1 is 1.16 bits per heavy atom. The lowest BCUT2D eigenvalue weighted by atomic mass is 10.3. The van der Waals surface area contributed by atoms with Gasteiger partial charge in [-0.25, -0.2) is 14.6 Å². The van der Waals surface area contributed by atoms with E-state index < -0.39 is 0 Å². The molecule has 0 saturated carbocycles. The molecular formula is C18H16ClN5O. The smallest absolute Gasteiger partial charge is 0.168 e. The molecule has 3 aromatic heterocycles. The van der Waals surface area contributed by atoms with Gasteiger partial charge in [0.15, 0.2) is 5.65 Å². The first kappa shape index (κ1) is 15.7. The first-order chi connectivity index (χ1) is 12.3. The highest BCUT2D eigenvalue weighted by molar-refractivity contribution is 6.32. The maximum atomic E-state index is 6.33. The Kier molecular flexibility index (Phi) is 4.11. The first-order valence-corrected chi connectivity index (χ1v) is 8.40. The fraction of sp³-hybridized carbons (Fsp3) is 0.167. The van der Waals surface area contributed by atoms with Gasteiger partial charge in [0.05, 0.1) is 35.1 Å². The van der Waals surface area contributed by atoms with Crippen molar-refractivity contribution in [3.8, 4) is 5.69 Å². The molecule has 0 aliphatic carbocycles. The Labute approximate surface area is 149 Å². The molecule has 1 aromatic carbocycles. The molecule has 3 heterocycles. The molecule has 0 aliphatic heterocycles. The summed E-state index contributed by atoms with van der Waals surface area (Å²) in [5.74, 6) is 2.31. The lowest BCUT2D eigenvalue weighted by Crippen LogP contribution is -2.06. The highest BCUT2D eigenvalue weighted by Crippen LogP contribution is 2.26. The molecule has 126 valence electrons. The van der Waals surface area contributed by atoms with Crippen LogP contribution in [0, 0.1) is 0 Å². The van der Waals surface area contributed by atoms with Crippen molar-refractivity contribution in [2.75, 3.05) is 5.32 Å². The number of rotatable bonds is 5. The number of hydrogen-bond donors (Lipinski definition) is 1. The van der Waals surface area contributed by atoms with Crippen molar-refractivity contribution in [3.63, 3.8) is 0 Å². The number of fused-ring (bicyclic) bond motifs is 1. The van der Waals surface area contributed by atoms with Crippen molar-refractivity contribution in [1.29, 1.82) is 0 Å². The summed E-state index contributed by atoms with van der Waals surface area (Å²) < 4.78 is 7.12. The number of furan rings is 1. The molecule has 0 saturated heterocycles. The van der Waals surface area contributed by atoms with Gasteiger partial charge in [-0.15, -0.1) is 0 Å². The van der Waals surface area contributed by atoms with Crippen molar-refractivity contribution < 1.29 is 4.42 Å². The molecule has 1 N–H and O–H groups in total. The van der Waals surface area contributed by atoms with E-state index in [0.29, 0.717) is 11.6 Å². The topological polar surface area (TPSA) is 68.8 Å². The summed E-state index contributed by atoms with van der Waals surface area (Å²) in [6, 6.07) is 11.3. The number of halogens is 1. The van der Waals surface area contributed by atoms with Gasteiger partial charge in [0.25, 0.3) is 0 Å². The number of aromatic nitrogens is 4. The van der Waals surface area contributed by atoms with E-state index in [9.17, 15) is 0 Å². The van der Waals surface area contributed by atoms with Crippen LogP contribution in [0.15, 0.2) is 53.3 Å². The average Bonchev–Trinajstić information content (AvgIpc) is 3.29. The molecule has 0 amide bonds. The number of nitrogens with one attached hydrogen (secondary N) is 1.